The lowest BCUT2D eigenvalue weighted by molar-refractivity contribution is 0.0332. The minimum atomic E-state index is -3.84. The second-order valence-corrected chi connectivity index (χ2v) is 8.47. The van der Waals surface area contributed by atoms with Gasteiger partial charge in [0.1, 0.15) is 5.75 Å². The van der Waals surface area contributed by atoms with Gasteiger partial charge in [0.2, 0.25) is 0 Å². The van der Waals surface area contributed by atoms with Crippen molar-refractivity contribution in [2.24, 2.45) is 0 Å². The van der Waals surface area contributed by atoms with Crippen LogP contribution in [0.25, 0.3) is 5.76 Å². The van der Waals surface area contributed by atoms with Crippen LogP contribution in [0.2, 0.25) is 0 Å². The van der Waals surface area contributed by atoms with E-state index < -0.39 is 10.0 Å². The number of allylic oxidation sites excluding steroid dienone is 3. The molecule has 2 aromatic carbocycles. The number of halogens is 1. The minimum absolute atomic E-state index is 0.155. The molecule has 0 N–H and O–H groups in total. The molecule has 5 nitrogen and oxygen atoms in total. The molecule has 0 saturated carbocycles. The van der Waals surface area contributed by atoms with Crippen LogP contribution < -0.4 is 4.74 Å². The first-order chi connectivity index (χ1) is 12.3. The average molecular weight is 436 g/mol. The van der Waals surface area contributed by atoms with Crippen LogP contribution in [-0.4, -0.2) is 20.0 Å². The van der Waals surface area contributed by atoms with E-state index in [4.69, 9.17) is 9.57 Å². The highest BCUT2D eigenvalue weighted by molar-refractivity contribution is 9.10. The maximum Gasteiger partial charge on any atom is 0.294 e. The van der Waals surface area contributed by atoms with Crippen LogP contribution in [0, 0.1) is 0 Å². The van der Waals surface area contributed by atoms with Crippen LogP contribution in [0.15, 0.2) is 75.2 Å². The first kappa shape index (κ1) is 18.5. The maximum absolute atomic E-state index is 13.0. The minimum Gasteiger partial charge on any atom is -0.497 e. The Morgan fingerprint density at radius 1 is 1.00 bits per heavy atom. The van der Waals surface area contributed by atoms with E-state index >= 15 is 0 Å². The largest absolute Gasteiger partial charge is 0.497 e. The van der Waals surface area contributed by atoms with Crippen LogP contribution >= 0.6 is 15.9 Å². The summed E-state index contributed by atoms with van der Waals surface area (Å²) in [5, 5.41) is 0. The van der Waals surface area contributed by atoms with E-state index in [-0.39, 0.29) is 4.90 Å². The van der Waals surface area contributed by atoms with E-state index in [2.05, 4.69) is 15.9 Å². The summed E-state index contributed by atoms with van der Waals surface area (Å²) in [7, 11) is -2.25. The number of hydrogen-bond acceptors (Lipinski definition) is 4. The zero-order valence-corrected chi connectivity index (χ0v) is 17.0. The lowest BCUT2D eigenvalue weighted by Gasteiger charge is -2.29. The number of sulfonamides is 1. The van der Waals surface area contributed by atoms with Gasteiger partial charge in [-0.15, -0.1) is 0 Å². The number of nitrogens with zero attached hydrogens (tertiary/aromatic N) is 1. The van der Waals surface area contributed by atoms with Gasteiger partial charge in [-0.2, -0.15) is 8.42 Å². The first-order valence-electron chi connectivity index (χ1n) is 7.85. The molecule has 3 rings (SSSR count). The molecule has 26 heavy (non-hydrogen) atoms. The first-order valence-corrected chi connectivity index (χ1v) is 10.1. The summed E-state index contributed by atoms with van der Waals surface area (Å²) in [6.07, 6.45) is 1.79. The summed E-state index contributed by atoms with van der Waals surface area (Å²) in [6.45, 7) is 3.58. The van der Waals surface area contributed by atoms with Crippen LogP contribution in [0.5, 0.6) is 5.75 Å². The number of hydrogen-bond donors (Lipinski definition) is 0. The second kappa shape index (κ2) is 7.17. The average Bonchev–Trinajstić information content (AvgIpc) is 2.62. The van der Waals surface area contributed by atoms with Crippen LogP contribution in [-0.2, 0) is 14.9 Å². The third-order valence-corrected chi connectivity index (χ3v) is 6.12. The highest BCUT2D eigenvalue weighted by atomic mass is 79.9. The maximum atomic E-state index is 13.0. The highest BCUT2D eigenvalue weighted by Crippen LogP contribution is 2.34. The molecule has 1 aliphatic heterocycles. The fourth-order valence-electron chi connectivity index (χ4n) is 2.62. The molecule has 7 heteroatoms. The van der Waals surface area contributed by atoms with Crippen molar-refractivity contribution in [3.8, 4) is 5.75 Å². The van der Waals surface area contributed by atoms with E-state index in [9.17, 15) is 8.42 Å². The SMILES string of the molecule is COc1ccc(C2=C(C)C=C(C)N(S(=O)(=O)c3ccc(Br)cc3)O2)cc1. The van der Waals surface area contributed by atoms with Crippen molar-refractivity contribution in [1.29, 1.82) is 0 Å². The molecule has 2 aromatic rings. The van der Waals surface area contributed by atoms with Gasteiger partial charge in [-0.3, -0.25) is 0 Å². The molecule has 136 valence electrons. The molecule has 0 amide bonds. The van der Waals surface area contributed by atoms with Crippen molar-refractivity contribution < 1.29 is 18.0 Å². The molecule has 0 saturated heterocycles. The van der Waals surface area contributed by atoms with Gasteiger partial charge in [-0.1, -0.05) is 20.4 Å². The van der Waals surface area contributed by atoms with E-state index in [1.54, 1.807) is 44.4 Å². The summed E-state index contributed by atoms with van der Waals surface area (Å²) >= 11 is 3.31. The number of benzene rings is 2. The second-order valence-electron chi connectivity index (χ2n) is 5.80. The Hall–Kier alpha value is -2.25. The fourth-order valence-corrected chi connectivity index (χ4v) is 4.16. The van der Waals surface area contributed by atoms with Crippen molar-refractivity contribution in [2.45, 2.75) is 18.7 Å². The molecule has 0 aliphatic carbocycles. The van der Waals surface area contributed by atoms with Crippen molar-refractivity contribution in [2.75, 3.05) is 7.11 Å². The van der Waals surface area contributed by atoms with Crippen LogP contribution in [0.3, 0.4) is 0 Å². The molecule has 0 bridgehead atoms. The van der Waals surface area contributed by atoms with Crippen molar-refractivity contribution >= 4 is 31.7 Å². The van der Waals surface area contributed by atoms with Gasteiger partial charge < -0.3 is 9.57 Å². The Labute approximate surface area is 161 Å². The quantitative estimate of drug-likeness (QED) is 0.696. The van der Waals surface area contributed by atoms with Gasteiger partial charge in [0.05, 0.1) is 17.7 Å². The molecule has 0 aromatic heterocycles. The Morgan fingerprint density at radius 2 is 1.62 bits per heavy atom. The van der Waals surface area contributed by atoms with Gasteiger partial charge in [-0.25, -0.2) is 0 Å². The summed E-state index contributed by atoms with van der Waals surface area (Å²) in [5.41, 5.74) is 2.10. The Balaban J connectivity index is 1.98. The highest BCUT2D eigenvalue weighted by Gasteiger charge is 2.31. The van der Waals surface area contributed by atoms with Gasteiger partial charge in [-0.05, 0) is 74.0 Å². The molecule has 0 atom stereocenters. The standard InChI is InChI=1S/C19H18BrNO4S/c1-13-12-14(2)21(26(22,23)18-10-6-16(20)7-11-18)25-19(13)15-4-8-17(24-3)9-5-15/h4-12H,1-3H3. The van der Waals surface area contributed by atoms with Crippen molar-refractivity contribution in [3.05, 3.63) is 75.9 Å². The Bertz CT molecular complexity index is 977. The summed E-state index contributed by atoms with van der Waals surface area (Å²) < 4.78 is 32.9. The van der Waals surface area contributed by atoms with Gasteiger partial charge in [0.15, 0.2) is 5.76 Å². The smallest absolute Gasteiger partial charge is 0.294 e. The Morgan fingerprint density at radius 3 is 2.19 bits per heavy atom. The predicted octanol–water partition coefficient (Wildman–Crippen LogP) is 4.73. The lowest BCUT2D eigenvalue weighted by atomic mass is 10.1. The van der Waals surface area contributed by atoms with Gasteiger partial charge in [0.25, 0.3) is 10.0 Å². The van der Waals surface area contributed by atoms with Crippen molar-refractivity contribution in [1.82, 2.24) is 4.47 Å². The van der Waals surface area contributed by atoms with Crippen LogP contribution in [0.4, 0.5) is 0 Å². The molecule has 0 spiro atoms. The summed E-state index contributed by atoms with van der Waals surface area (Å²) in [6, 6.07) is 13.7. The summed E-state index contributed by atoms with van der Waals surface area (Å²) in [4.78, 5) is 5.98. The molecule has 0 fully saturated rings. The topological polar surface area (TPSA) is 55.8 Å². The lowest BCUT2D eigenvalue weighted by Crippen LogP contribution is -2.31. The monoisotopic (exact) mass is 435 g/mol. The van der Waals surface area contributed by atoms with Gasteiger partial charge in [0, 0.05) is 10.0 Å². The van der Waals surface area contributed by atoms with E-state index in [1.807, 2.05) is 19.1 Å². The zero-order chi connectivity index (χ0) is 18.9. The Kier molecular flexibility index (Phi) is 5.11. The molecule has 1 aliphatic rings. The molecular weight excluding hydrogens is 418 g/mol. The predicted molar refractivity (Wildman–Crippen MR) is 104 cm³/mol. The zero-order valence-electron chi connectivity index (χ0n) is 14.6. The van der Waals surface area contributed by atoms with Crippen molar-refractivity contribution in [3.63, 3.8) is 0 Å². The van der Waals surface area contributed by atoms with E-state index in [0.29, 0.717) is 17.2 Å². The normalized spacial score (nSPS) is 14.8. The number of methoxy groups -OCH3 is 1. The van der Waals surface area contributed by atoms with E-state index in [1.165, 1.54) is 12.1 Å². The summed E-state index contributed by atoms with van der Waals surface area (Å²) in [5.74, 6) is 1.20. The molecule has 0 radical (unpaired) electrons. The third kappa shape index (κ3) is 3.50. The molecule has 0 unspecified atom stereocenters. The fraction of sp³-hybridized carbons (Fsp3) is 0.158. The van der Waals surface area contributed by atoms with E-state index in [0.717, 1.165) is 20.1 Å². The molecular formula is C19H18BrNO4S. The van der Waals surface area contributed by atoms with Crippen LogP contribution in [0.1, 0.15) is 19.4 Å². The number of rotatable bonds is 4. The molecule has 1 heterocycles. The number of hydroxylamine groups is 1. The number of ether oxygens (including phenoxy) is 1. The van der Waals surface area contributed by atoms with Gasteiger partial charge >= 0.3 is 0 Å². The third-order valence-electron chi connectivity index (χ3n) is 3.93.